The van der Waals surface area contributed by atoms with Gasteiger partial charge in [-0.05, 0) is 64.4 Å². The number of rotatable bonds is 4. The zero-order valence-electron chi connectivity index (χ0n) is 14.3. The van der Waals surface area contributed by atoms with Crippen LogP contribution in [0.3, 0.4) is 0 Å². The maximum Gasteiger partial charge on any atom is 0.331 e. The number of carbonyl (C=O) groups excluding carboxylic acids is 1. The number of likely N-dealkylation sites (tertiary alicyclic amines) is 1. The van der Waals surface area contributed by atoms with E-state index < -0.39 is 5.60 Å². The van der Waals surface area contributed by atoms with Gasteiger partial charge in [0, 0.05) is 24.4 Å². The molecule has 1 aromatic heterocycles. The molecule has 1 aliphatic rings. The average Bonchev–Trinajstić information content (AvgIpc) is 2.47. The van der Waals surface area contributed by atoms with Gasteiger partial charge in [-0.15, -0.1) is 0 Å². The molecule has 23 heavy (non-hydrogen) atoms. The lowest BCUT2D eigenvalue weighted by Gasteiger charge is -2.26. The van der Waals surface area contributed by atoms with Crippen LogP contribution in [0.5, 0.6) is 0 Å². The normalized spacial score (nSPS) is 16.7. The summed E-state index contributed by atoms with van der Waals surface area (Å²) in [7, 11) is 0. The van der Waals surface area contributed by atoms with Gasteiger partial charge in [0.1, 0.15) is 11.4 Å². The number of pyridine rings is 1. The van der Waals surface area contributed by atoms with Gasteiger partial charge in [-0.1, -0.05) is 6.42 Å². The van der Waals surface area contributed by atoms with Gasteiger partial charge < -0.3 is 10.5 Å². The highest BCUT2D eigenvalue weighted by atomic mass is 16.6. The van der Waals surface area contributed by atoms with Crippen molar-refractivity contribution in [2.24, 2.45) is 0 Å². The highest BCUT2D eigenvalue weighted by Gasteiger charge is 2.14. The van der Waals surface area contributed by atoms with E-state index in [9.17, 15) is 4.79 Å². The third kappa shape index (κ3) is 6.02. The third-order valence-corrected chi connectivity index (χ3v) is 3.68. The Hall–Kier alpha value is -1.88. The van der Waals surface area contributed by atoms with Crippen LogP contribution in [0.25, 0.3) is 6.08 Å². The molecule has 0 radical (unpaired) electrons. The van der Waals surface area contributed by atoms with Crippen molar-refractivity contribution in [2.45, 2.75) is 52.2 Å². The van der Waals surface area contributed by atoms with E-state index in [-0.39, 0.29) is 5.97 Å². The predicted molar refractivity (Wildman–Crippen MR) is 92.7 cm³/mol. The minimum Gasteiger partial charge on any atom is -0.457 e. The van der Waals surface area contributed by atoms with E-state index in [4.69, 9.17) is 10.5 Å². The molecule has 1 aromatic rings. The molecular formula is C18H27N3O2. The number of hydrogen-bond acceptors (Lipinski definition) is 5. The minimum absolute atomic E-state index is 0.355. The second kappa shape index (κ2) is 7.59. The third-order valence-electron chi connectivity index (χ3n) is 3.68. The Morgan fingerprint density at radius 3 is 2.70 bits per heavy atom. The van der Waals surface area contributed by atoms with Gasteiger partial charge in [0.2, 0.25) is 0 Å². The number of anilines is 1. The van der Waals surface area contributed by atoms with Crippen LogP contribution in [0.1, 0.15) is 51.2 Å². The molecule has 126 valence electrons. The molecule has 0 saturated carbocycles. The van der Waals surface area contributed by atoms with E-state index in [2.05, 4.69) is 9.88 Å². The number of nitrogens with zero attached hydrogens (tertiary/aromatic N) is 2. The van der Waals surface area contributed by atoms with Gasteiger partial charge in [0.25, 0.3) is 0 Å². The first-order valence-corrected chi connectivity index (χ1v) is 8.21. The van der Waals surface area contributed by atoms with Gasteiger partial charge in [0.05, 0.1) is 0 Å². The van der Waals surface area contributed by atoms with Crippen LogP contribution < -0.4 is 5.73 Å². The van der Waals surface area contributed by atoms with Crippen LogP contribution in [0.2, 0.25) is 0 Å². The first-order valence-electron chi connectivity index (χ1n) is 8.21. The van der Waals surface area contributed by atoms with Gasteiger partial charge >= 0.3 is 5.97 Å². The largest absolute Gasteiger partial charge is 0.457 e. The highest BCUT2D eigenvalue weighted by Crippen LogP contribution is 2.18. The van der Waals surface area contributed by atoms with Crippen molar-refractivity contribution in [3.63, 3.8) is 0 Å². The fourth-order valence-corrected chi connectivity index (χ4v) is 2.62. The van der Waals surface area contributed by atoms with Crippen molar-refractivity contribution in [2.75, 3.05) is 18.8 Å². The Kier molecular flexibility index (Phi) is 5.77. The molecule has 5 nitrogen and oxygen atoms in total. The smallest absolute Gasteiger partial charge is 0.331 e. The van der Waals surface area contributed by atoms with Gasteiger partial charge in [-0.25, -0.2) is 9.78 Å². The minimum atomic E-state index is -0.486. The molecule has 0 spiro atoms. The summed E-state index contributed by atoms with van der Waals surface area (Å²) in [5.41, 5.74) is 7.38. The van der Waals surface area contributed by atoms with Crippen LogP contribution in [0.15, 0.2) is 18.3 Å². The summed E-state index contributed by atoms with van der Waals surface area (Å²) in [6.45, 7) is 8.57. The van der Waals surface area contributed by atoms with Gasteiger partial charge in [-0.2, -0.15) is 0 Å². The average molecular weight is 317 g/mol. The monoisotopic (exact) mass is 317 g/mol. The molecular weight excluding hydrogens is 290 g/mol. The summed E-state index contributed by atoms with van der Waals surface area (Å²) >= 11 is 0. The number of nitrogens with two attached hydrogens (primary N) is 1. The molecule has 1 fully saturated rings. The lowest BCUT2D eigenvalue weighted by atomic mass is 10.1. The summed E-state index contributed by atoms with van der Waals surface area (Å²) in [5, 5.41) is 0. The van der Waals surface area contributed by atoms with Crippen molar-refractivity contribution in [3.05, 3.63) is 29.5 Å². The molecule has 2 rings (SSSR count). The fourth-order valence-electron chi connectivity index (χ4n) is 2.62. The molecule has 0 unspecified atom stereocenters. The molecule has 1 aliphatic heterocycles. The number of ether oxygens (including phenoxy) is 1. The quantitative estimate of drug-likeness (QED) is 0.683. The summed E-state index contributed by atoms with van der Waals surface area (Å²) in [6.07, 6.45) is 8.62. The lowest BCUT2D eigenvalue weighted by molar-refractivity contribution is -0.148. The lowest BCUT2D eigenvalue weighted by Crippen LogP contribution is -2.29. The summed E-state index contributed by atoms with van der Waals surface area (Å²) in [6, 6.07) is 2.00. The zero-order valence-corrected chi connectivity index (χ0v) is 14.3. The standard InChI is InChI=1S/C18H27N3O2/c1-18(2,3)23-16(22)8-7-14-11-15(17(19)20-12-14)13-21-9-5-4-6-10-21/h7-8,11-12H,4-6,9-10,13H2,1-3H3,(H2,19,20)/b8-7+. The molecule has 2 N–H and O–H groups in total. The van der Waals surface area contributed by atoms with Crippen LogP contribution in [0, 0.1) is 0 Å². The number of carbonyl (C=O) groups is 1. The Bertz CT molecular complexity index is 570. The summed E-state index contributed by atoms with van der Waals surface area (Å²) in [5.74, 6) is 0.205. The van der Waals surface area contributed by atoms with E-state index in [1.807, 2.05) is 26.8 Å². The summed E-state index contributed by atoms with van der Waals surface area (Å²) in [4.78, 5) is 18.4. The maximum atomic E-state index is 11.7. The van der Waals surface area contributed by atoms with Gasteiger partial charge in [-0.3, -0.25) is 4.90 Å². The predicted octanol–water partition coefficient (Wildman–Crippen LogP) is 3.00. The van der Waals surface area contributed by atoms with Crippen LogP contribution >= 0.6 is 0 Å². The van der Waals surface area contributed by atoms with E-state index in [1.165, 1.54) is 25.3 Å². The van der Waals surface area contributed by atoms with Crippen LogP contribution in [-0.2, 0) is 16.1 Å². The SMILES string of the molecule is CC(C)(C)OC(=O)/C=C/c1cnc(N)c(CN2CCCCC2)c1. The van der Waals surface area contributed by atoms with Crippen LogP contribution in [-0.4, -0.2) is 34.5 Å². The van der Waals surface area contributed by atoms with E-state index in [1.54, 1.807) is 12.3 Å². The second-order valence-corrected chi connectivity index (χ2v) is 7.02. The molecule has 0 aromatic carbocycles. The molecule has 5 heteroatoms. The van der Waals surface area contributed by atoms with Crippen molar-refractivity contribution >= 4 is 17.9 Å². The van der Waals surface area contributed by atoms with Crippen molar-refractivity contribution < 1.29 is 9.53 Å². The second-order valence-electron chi connectivity index (χ2n) is 7.02. The number of nitrogen functional groups attached to an aromatic ring is 1. The van der Waals surface area contributed by atoms with Crippen molar-refractivity contribution in [1.29, 1.82) is 0 Å². The Labute approximate surface area is 138 Å². The Morgan fingerprint density at radius 2 is 2.04 bits per heavy atom. The van der Waals surface area contributed by atoms with Crippen LogP contribution in [0.4, 0.5) is 5.82 Å². The highest BCUT2D eigenvalue weighted by molar-refractivity contribution is 5.87. The molecule has 0 atom stereocenters. The molecule has 0 bridgehead atoms. The first kappa shape index (κ1) is 17.5. The molecule has 0 aliphatic carbocycles. The maximum absolute atomic E-state index is 11.7. The fraction of sp³-hybridized carbons (Fsp3) is 0.556. The zero-order chi connectivity index (χ0) is 16.9. The molecule has 2 heterocycles. The van der Waals surface area contributed by atoms with E-state index in [0.29, 0.717) is 5.82 Å². The van der Waals surface area contributed by atoms with Crippen molar-refractivity contribution in [3.8, 4) is 0 Å². The first-order chi connectivity index (χ1) is 10.8. The number of hydrogen-bond donors (Lipinski definition) is 1. The number of esters is 1. The Morgan fingerprint density at radius 1 is 1.35 bits per heavy atom. The van der Waals surface area contributed by atoms with Crippen molar-refractivity contribution in [1.82, 2.24) is 9.88 Å². The topological polar surface area (TPSA) is 68.4 Å². The van der Waals surface area contributed by atoms with E-state index >= 15 is 0 Å². The molecule has 0 amide bonds. The summed E-state index contributed by atoms with van der Waals surface area (Å²) < 4.78 is 5.26. The number of piperidine rings is 1. The Balaban J connectivity index is 2.02. The van der Waals surface area contributed by atoms with Gasteiger partial charge in [0.15, 0.2) is 0 Å². The molecule has 1 saturated heterocycles. The van der Waals surface area contributed by atoms with E-state index in [0.717, 1.165) is 30.8 Å². The number of aromatic nitrogens is 1.